The molecule has 15 heavy (non-hydrogen) atoms. The first-order chi connectivity index (χ1) is 7.20. The van der Waals surface area contributed by atoms with Crippen LogP contribution in [0.3, 0.4) is 0 Å². The molecule has 0 N–H and O–H groups in total. The minimum Gasteiger partial charge on any atom is -0.361 e. The van der Waals surface area contributed by atoms with Crippen molar-refractivity contribution in [3.63, 3.8) is 0 Å². The molecule has 2 rings (SSSR count). The second-order valence-electron chi connectivity index (χ2n) is 5.03. The molecule has 1 heterocycles. The highest BCUT2D eigenvalue weighted by Gasteiger charge is 2.24. The van der Waals surface area contributed by atoms with Crippen LogP contribution in [-0.2, 0) is 0 Å². The van der Waals surface area contributed by atoms with E-state index in [0.29, 0.717) is 11.8 Å². The number of hydrogen-bond acceptors (Lipinski definition) is 2. The van der Waals surface area contributed by atoms with Gasteiger partial charge in [-0.1, -0.05) is 38.3 Å². The molecule has 84 valence electrons. The van der Waals surface area contributed by atoms with Crippen LogP contribution in [0.4, 0.5) is 0 Å². The summed E-state index contributed by atoms with van der Waals surface area (Å²) in [5.41, 5.74) is 2.61. The zero-order valence-electron chi connectivity index (χ0n) is 10.0. The maximum Gasteiger partial charge on any atom is 0.137 e. The van der Waals surface area contributed by atoms with E-state index in [9.17, 15) is 0 Å². The van der Waals surface area contributed by atoms with Crippen LogP contribution < -0.4 is 0 Å². The highest BCUT2D eigenvalue weighted by Crippen LogP contribution is 2.37. The van der Waals surface area contributed by atoms with E-state index in [1.54, 1.807) is 0 Å². The van der Waals surface area contributed by atoms with E-state index in [1.807, 2.05) is 6.92 Å². The Hall–Kier alpha value is -0.790. The summed E-state index contributed by atoms with van der Waals surface area (Å²) in [5, 5.41) is 4.29. The Balaban J connectivity index is 2.26. The first-order valence-electron chi connectivity index (χ1n) is 6.16. The molecule has 0 aromatic carbocycles. The molecule has 0 radical (unpaired) electrons. The van der Waals surface area contributed by atoms with E-state index in [2.05, 4.69) is 19.0 Å². The van der Waals surface area contributed by atoms with Crippen LogP contribution in [0.1, 0.15) is 74.8 Å². The molecule has 2 heteroatoms. The first kappa shape index (κ1) is 10.7. The van der Waals surface area contributed by atoms with E-state index < -0.39 is 0 Å². The van der Waals surface area contributed by atoms with Gasteiger partial charge in [-0.2, -0.15) is 0 Å². The second-order valence-corrected chi connectivity index (χ2v) is 5.03. The lowest BCUT2D eigenvalue weighted by molar-refractivity contribution is 0.367. The monoisotopic (exact) mass is 207 g/mol. The Morgan fingerprint density at radius 3 is 2.47 bits per heavy atom. The number of aromatic nitrogens is 1. The van der Waals surface area contributed by atoms with Crippen molar-refractivity contribution in [2.45, 2.75) is 64.7 Å². The molecule has 0 amide bonds. The summed E-state index contributed by atoms with van der Waals surface area (Å²) in [5.74, 6) is 2.22. The van der Waals surface area contributed by atoms with Crippen molar-refractivity contribution >= 4 is 0 Å². The third-order valence-electron chi connectivity index (χ3n) is 3.51. The fraction of sp³-hybridized carbons (Fsp3) is 0.769. The van der Waals surface area contributed by atoms with Crippen LogP contribution in [0.2, 0.25) is 0 Å². The fourth-order valence-corrected chi connectivity index (χ4v) is 2.77. The quantitative estimate of drug-likeness (QED) is 0.728. The van der Waals surface area contributed by atoms with Gasteiger partial charge in [-0.3, -0.25) is 0 Å². The van der Waals surface area contributed by atoms with Gasteiger partial charge >= 0.3 is 0 Å². The molecule has 0 bridgehead atoms. The third-order valence-corrected chi connectivity index (χ3v) is 3.51. The largest absolute Gasteiger partial charge is 0.361 e. The number of hydrogen-bond donors (Lipinski definition) is 0. The van der Waals surface area contributed by atoms with Crippen LogP contribution in [-0.4, -0.2) is 5.16 Å². The third kappa shape index (κ3) is 2.09. The second kappa shape index (κ2) is 4.38. The van der Waals surface area contributed by atoms with Gasteiger partial charge in [0.1, 0.15) is 5.76 Å². The van der Waals surface area contributed by atoms with Crippen LogP contribution in [0.15, 0.2) is 4.52 Å². The summed E-state index contributed by atoms with van der Waals surface area (Å²) in [6, 6.07) is 0. The fourth-order valence-electron chi connectivity index (χ4n) is 2.77. The molecular weight excluding hydrogens is 186 g/mol. The van der Waals surface area contributed by atoms with Gasteiger partial charge in [-0.05, 0) is 25.7 Å². The molecule has 1 aliphatic carbocycles. The molecule has 0 spiro atoms. The molecular formula is C13H21NO. The van der Waals surface area contributed by atoms with Crippen molar-refractivity contribution in [3.05, 3.63) is 17.0 Å². The molecule has 0 saturated heterocycles. The Labute approximate surface area is 92.0 Å². The molecule has 0 aliphatic heterocycles. The Bertz CT molecular complexity index is 321. The minimum atomic E-state index is 0.535. The minimum absolute atomic E-state index is 0.535. The maximum atomic E-state index is 5.36. The highest BCUT2D eigenvalue weighted by molar-refractivity contribution is 5.28. The summed E-state index contributed by atoms with van der Waals surface area (Å²) in [4.78, 5) is 0. The van der Waals surface area contributed by atoms with Crippen molar-refractivity contribution in [1.29, 1.82) is 0 Å². The maximum absolute atomic E-state index is 5.36. The van der Waals surface area contributed by atoms with E-state index in [0.717, 1.165) is 5.76 Å². The zero-order chi connectivity index (χ0) is 10.8. The van der Waals surface area contributed by atoms with Crippen molar-refractivity contribution in [3.8, 4) is 0 Å². The Morgan fingerprint density at radius 2 is 1.87 bits per heavy atom. The summed E-state index contributed by atoms with van der Waals surface area (Å²) in [6.45, 7) is 6.49. The number of rotatable bonds is 2. The molecule has 0 unspecified atom stereocenters. The van der Waals surface area contributed by atoms with Crippen LogP contribution >= 0.6 is 0 Å². The van der Waals surface area contributed by atoms with E-state index in [4.69, 9.17) is 4.52 Å². The summed E-state index contributed by atoms with van der Waals surface area (Å²) in [6.07, 6.45) is 6.70. The molecule has 1 aromatic rings. The Kier molecular flexibility index (Phi) is 3.13. The normalized spacial score (nSPS) is 18.7. The zero-order valence-corrected chi connectivity index (χ0v) is 10.0. The lowest BCUT2D eigenvalue weighted by Gasteiger charge is -2.21. The average molecular weight is 207 g/mol. The van der Waals surface area contributed by atoms with Gasteiger partial charge in [0.05, 0.1) is 5.69 Å². The van der Waals surface area contributed by atoms with Gasteiger partial charge in [0.25, 0.3) is 0 Å². The molecule has 1 aliphatic rings. The lowest BCUT2D eigenvalue weighted by atomic mass is 9.83. The Morgan fingerprint density at radius 1 is 1.20 bits per heavy atom. The average Bonchev–Trinajstić information content (AvgIpc) is 2.61. The topological polar surface area (TPSA) is 26.0 Å². The van der Waals surface area contributed by atoms with Crippen LogP contribution in [0, 0.1) is 6.92 Å². The lowest BCUT2D eigenvalue weighted by Crippen LogP contribution is -2.08. The summed E-state index contributed by atoms with van der Waals surface area (Å²) in [7, 11) is 0. The van der Waals surface area contributed by atoms with Crippen molar-refractivity contribution < 1.29 is 4.52 Å². The molecule has 1 saturated carbocycles. The number of nitrogens with zero attached hydrogens (tertiary/aromatic N) is 1. The van der Waals surface area contributed by atoms with E-state index >= 15 is 0 Å². The smallest absolute Gasteiger partial charge is 0.137 e. The molecule has 2 nitrogen and oxygen atoms in total. The molecule has 0 atom stereocenters. The predicted molar refractivity (Wildman–Crippen MR) is 61.2 cm³/mol. The first-order valence-corrected chi connectivity index (χ1v) is 6.16. The van der Waals surface area contributed by atoms with Gasteiger partial charge in [0.2, 0.25) is 0 Å². The van der Waals surface area contributed by atoms with Gasteiger partial charge in [0.15, 0.2) is 0 Å². The van der Waals surface area contributed by atoms with Gasteiger partial charge in [-0.15, -0.1) is 0 Å². The predicted octanol–water partition coefficient (Wildman–Crippen LogP) is 4.15. The summed E-state index contributed by atoms with van der Waals surface area (Å²) < 4.78 is 5.36. The SMILES string of the molecule is Cc1onc(C2CCCCC2)c1C(C)C. The van der Waals surface area contributed by atoms with Gasteiger partial charge < -0.3 is 4.52 Å². The summed E-state index contributed by atoms with van der Waals surface area (Å²) >= 11 is 0. The molecule has 1 fully saturated rings. The van der Waals surface area contributed by atoms with Gasteiger partial charge in [-0.25, -0.2) is 0 Å². The van der Waals surface area contributed by atoms with Crippen LogP contribution in [0.25, 0.3) is 0 Å². The number of aryl methyl sites for hydroxylation is 1. The van der Waals surface area contributed by atoms with E-state index in [-0.39, 0.29) is 0 Å². The van der Waals surface area contributed by atoms with Crippen molar-refractivity contribution in [1.82, 2.24) is 5.16 Å². The molecule has 1 aromatic heterocycles. The van der Waals surface area contributed by atoms with E-state index in [1.165, 1.54) is 43.4 Å². The standard InChI is InChI=1S/C13H21NO/c1-9(2)12-10(3)15-14-13(12)11-7-5-4-6-8-11/h9,11H,4-8H2,1-3H3. The van der Waals surface area contributed by atoms with Gasteiger partial charge in [0, 0.05) is 11.5 Å². The highest BCUT2D eigenvalue weighted by atomic mass is 16.5. The van der Waals surface area contributed by atoms with Crippen molar-refractivity contribution in [2.24, 2.45) is 0 Å². The van der Waals surface area contributed by atoms with Crippen molar-refractivity contribution in [2.75, 3.05) is 0 Å². The van der Waals surface area contributed by atoms with Crippen LogP contribution in [0.5, 0.6) is 0 Å².